The van der Waals surface area contributed by atoms with E-state index in [4.69, 9.17) is 5.26 Å². The Morgan fingerprint density at radius 1 is 1.00 bits per heavy atom. The van der Waals surface area contributed by atoms with Gasteiger partial charge in [0.1, 0.15) is 12.4 Å². The zero-order valence-corrected chi connectivity index (χ0v) is 15.0. The van der Waals surface area contributed by atoms with E-state index in [1.165, 1.54) is 23.1 Å². The third kappa shape index (κ3) is 4.65. The van der Waals surface area contributed by atoms with Crippen LogP contribution in [0.5, 0.6) is 0 Å². The van der Waals surface area contributed by atoms with Crippen molar-refractivity contribution >= 4 is 5.57 Å². The van der Waals surface area contributed by atoms with E-state index in [1.54, 1.807) is 0 Å². The first-order valence-corrected chi connectivity index (χ1v) is 8.20. The van der Waals surface area contributed by atoms with Crippen molar-refractivity contribution in [3.63, 3.8) is 0 Å². The number of pyridine rings is 1. The summed E-state index contributed by atoms with van der Waals surface area (Å²) in [6.07, 6.45) is -5.95. The summed E-state index contributed by atoms with van der Waals surface area (Å²) in [5, 5.41) is 12.9. The van der Waals surface area contributed by atoms with Crippen LogP contribution in [0.1, 0.15) is 22.3 Å². The molecule has 1 aromatic carbocycles. The van der Waals surface area contributed by atoms with Gasteiger partial charge >= 0.3 is 12.4 Å². The van der Waals surface area contributed by atoms with Gasteiger partial charge in [-0.3, -0.25) is 4.98 Å². The molecule has 0 atom stereocenters. The van der Waals surface area contributed by atoms with Gasteiger partial charge in [0, 0.05) is 18.0 Å². The van der Waals surface area contributed by atoms with Gasteiger partial charge in [-0.1, -0.05) is 6.58 Å². The number of hydrogen-bond donors (Lipinski definition) is 0. The van der Waals surface area contributed by atoms with Crippen molar-refractivity contribution in [2.45, 2.75) is 18.9 Å². The van der Waals surface area contributed by atoms with Gasteiger partial charge in [-0.25, -0.2) is 9.67 Å². The average Bonchev–Trinajstić information content (AvgIpc) is 3.15. The largest absolute Gasteiger partial charge is 0.416 e. The summed E-state index contributed by atoms with van der Waals surface area (Å²) in [6.45, 7) is 3.87. The van der Waals surface area contributed by atoms with Crippen LogP contribution in [0, 0.1) is 11.3 Å². The molecule has 5 nitrogen and oxygen atoms in total. The van der Waals surface area contributed by atoms with E-state index in [0.717, 1.165) is 6.33 Å². The molecule has 3 aromatic rings. The third-order valence-corrected chi connectivity index (χ3v) is 4.01. The second-order valence-corrected chi connectivity index (χ2v) is 6.24. The maximum Gasteiger partial charge on any atom is 0.416 e. The van der Waals surface area contributed by atoms with E-state index in [1.807, 2.05) is 6.07 Å². The van der Waals surface area contributed by atoms with Crippen LogP contribution < -0.4 is 0 Å². The number of rotatable bonds is 4. The van der Waals surface area contributed by atoms with Gasteiger partial charge in [-0.2, -0.15) is 36.7 Å². The van der Waals surface area contributed by atoms with Gasteiger partial charge in [0.25, 0.3) is 0 Å². The molecule has 0 spiro atoms. The molecule has 3 rings (SSSR count). The van der Waals surface area contributed by atoms with Gasteiger partial charge in [0.2, 0.25) is 0 Å². The second kappa shape index (κ2) is 7.62. The van der Waals surface area contributed by atoms with Crippen molar-refractivity contribution in [3.05, 3.63) is 71.8 Å². The highest BCUT2D eigenvalue weighted by atomic mass is 19.4. The normalized spacial score (nSPS) is 11.9. The van der Waals surface area contributed by atoms with Gasteiger partial charge < -0.3 is 0 Å². The molecule has 0 N–H and O–H groups in total. The molecule has 0 saturated carbocycles. The fraction of sp³-hybridized carbons (Fsp3) is 0.158. The molecule has 2 aromatic heterocycles. The number of aromatic nitrogens is 4. The number of alkyl halides is 6. The average molecular weight is 423 g/mol. The van der Waals surface area contributed by atoms with E-state index in [9.17, 15) is 26.3 Å². The summed E-state index contributed by atoms with van der Waals surface area (Å²) in [7, 11) is 0. The number of allylic oxidation sites excluding steroid dienone is 1. The van der Waals surface area contributed by atoms with E-state index in [0.29, 0.717) is 28.8 Å². The number of halogens is 6. The van der Waals surface area contributed by atoms with Gasteiger partial charge in [0.15, 0.2) is 5.82 Å². The van der Waals surface area contributed by atoms with E-state index in [2.05, 4.69) is 21.6 Å². The zero-order valence-electron chi connectivity index (χ0n) is 15.0. The SMILES string of the molecule is C=C(Cn1cnc(-c2cc(C(F)(F)F)cc(C(F)(F)F)c2)n1)c1cncc(C#N)c1. The third-order valence-electron chi connectivity index (χ3n) is 4.01. The summed E-state index contributed by atoms with van der Waals surface area (Å²) >= 11 is 0. The Bertz CT molecular complexity index is 1110. The minimum atomic E-state index is -4.97. The fourth-order valence-corrected chi connectivity index (χ4v) is 2.57. The van der Waals surface area contributed by atoms with E-state index in [-0.39, 0.29) is 18.4 Å². The highest BCUT2D eigenvalue weighted by Crippen LogP contribution is 2.38. The Balaban J connectivity index is 1.92. The minimum Gasteiger partial charge on any atom is -0.263 e. The first-order chi connectivity index (χ1) is 14.0. The number of hydrogen-bond acceptors (Lipinski definition) is 4. The van der Waals surface area contributed by atoms with Crippen molar-refractivity contribution in [1.82, 2.24) is 19.7 Å². The molecule has 0 radical (unpaired) electrons. The Morgan fingerprint density at radius 3 is 2.20 bits per heavy atom. The van der Waals surface area contributed by atoms with Crippen LogP contribution in [0.25, 0.3) is 17.0 Å². The molecule has 0 amide bonds. The minimum absolute atomic E-state index is 0.0364. The quantitative estimate of drug-likeness (QED) is 0.556. The molecule has 0 aliphatic carbocycles. The monoisotopic (exact) mass is 423 g/mol. The molecule has 154 valence electrons. The first kappa shape index (κ1) is 21.0. The van der Waals surface area contributed by atoms with Crippen molar-refractivity contribution in [3.8, 4) is 17.5 Å². The number of benzene rings is 1. The highest BCUT2D eigenvalue weighted by molar-refractivity contribution is 5.64. The molecule has 0 fully saturated rings. The lowest BCUT2D eigenvalue weighted by atomic mass is 10.0. The summed E-state index contributed by atoms with van der Waals surface area (Å²) < 4.78 is 79.4. The van der Waals surface area contributed by atoms with Crippen LogP contribution in [0.3, 0.4) is 0 Å². The molecule has 30 heavy (non-hydrogen) atoms. The van der Waals surface area contributed by atoms with E-state index >= 15 is 0 Å². The standard InChI is InChI=1S/C19H11F6N5/c1-11(14-2-12(6-26)7-27-8-14)9-30-10-28-17(29-30)13-3-15(18(20,21)22)5-16(4-13)19(23,24)25/h2-5,7-8,10H,1,9H2. The van der Waals surface area contributed by atoms with Gasteiger partial charge in [0.05, 0.1) is 23.2 Å². The Morgan fingerprint density at radius 2 is 1.63 bits per heavy atom. The van der Waals surface area contributed by atoms with Crippen molar-refractivity contribution in [2.24, 2.45) is 0 Å². The van der Waals surface area contributed by atoms with Crippen molar-refractivity contribution in [1.29, 1.82) is 5.26 Å². The number of nitriles is 1. The van der Waals surface area contributed by atoms with Crippen molar-refractivity contribution in [2.75, 3.05) is 0 Å². The summed E-state index contributed by atoms with van der Waals surface area (Å²) in [4.78, 5) is 7.72. The molecule has 11 heteroatoms. The molecular formula is C19H11F6N5. The molecule has 0 aliphatic heterocycles. The fourth-order valence-electron chi connectivity index (χ4n) is 2.57. The predicted octanol–water partition coefficient (Wildman–Crippen LogP) is 4.96. The zero-order chi connectivity index (χ0) is 22.1. The lowest BCUT2D eigenvalue weighted by molar-refractivity contribution is -0.143. The van der Waals surface area contributed by atoms with Crippen LogP contribution in [0.4, 0.5) is 26.3 Å². The molecule has 0 saturated heterocycles. The molecule has 0 aliphatic rings. The van der Waals surface area contributed by atoms with Crippen LogP contribution in [-0.4, -0.2) is 19.7 Å². The van der Waals surface area contributed by atoms with E-state index < -0.39 is 29.0 Å². The van der Waals surface area contributed by atoms with Crippen LogP contribution in [0.15, 0.2) is 49.6 Å². The van der Waals surface area contributed by atoms with Crippen LogP contribution in [0.2, 0.25) is 0 Å². The summed E-state index contributed by atoms with van der Waals surface area (Å²) in [6, 6.07) is 4.62. The Kier molecular flexibility index (Phi) is 5.35. The van der Waals surface area contributed by atoms with Gasteiger partial charge in [-0.05, 0) is 35.4 Å². The first-order valence-electron chi connectivity index (χ1n) is 8.20. The molecule has 2 heterocycles. The second-order valence-electron chi connectivity index (χ2n) is 6.24. The Labute approximate surface area is 165 Å². The highest BCUT2D eigenvalue weighted by Gasteiger charge is 2.37. The molecule has 0 unspecified atom stereocenters. The maximum atomic E-state index is 13.0. The lowest BCUT2D eigenvalue weighted by Gasteiger charge is -2.13. The molecule has 0 bridgehead atoms. The summed E-state index contributed by atoms with van der Waals surface area (Å²) in [5.74, 6) is -0.302. The van der Waals surface area contributed by atoms with Crippen molar-refractivity contribution < 1.29 is 26.3 Å². The van der Waals surface area contributed by atoms with Gasteiger partial charge in [-0.15, -0.1) is 0 Å². The predicted molar refractivity (Wildman–Crippen MR) is 93.4 cm³/mol. The molecular weight excluding hydrogens is 412 g/mol. The topological polar surface area (TPSA) is 67.4 Å². The lowest BCUT2D eigenvalue weighted by Crippen LogP contribution is -2.11. The van der Waals surface area contributed by atoms with Crippen LogP contribution in [-0.2, 0) is 18.9 Å². The number of nitrogens with zero attached hydrogens (tertiary/aromatic N) is 5. The maximum absolute atomic E-state index is 13.0. The Hall–Kier alpha value is -3.68. The smallest absolute Gasteiger partial charge is 0.263 e. The van der Waals surface area contributed by atoms with Crippen LogP contribution >= 0.6 is 0 Å². The summed E-state index contributed by atoms with van der Waals surface area (Å²) in [5.41, 5.74) is -2.02.